The predicted octanol–water partition coefficient (Wildman–Crippen LogP) is 3.87. The Morgan fingerprint density at radius 3 is 3.00 bits per heavy atom. The van der Waals surface area contributed by atoms with Gasteiger partial charge in [-0.25, -0.2) is 4.98 Å². The Morgan fingerprint density at radius 1 is 1.22 bits per heavy atom. The largest absolute Gasteiger partial charge is 0.300 e. The monoisotopic (exact) mass is 254 g/mol. The van der Waals surface area contributed by atoms with Crippen molar-refractivity contribution in [3.05, 3.63) is 58.4 Å². The molecule has 0 amide bonds. The Morgan fingerprint density at radius 2 is 2.11 bits per heavy atom. The highest BCUT2D eigenvalue weighted by atomic mass is 35.5. The molecule has 0 atom stereocenters. The van der Waals surface area contributed by atoms with Crippen molar-refractivity contribution in [1.29, 1.82) is 0 Å². The van der Waals surface area contributed by atoms with E-state index in [2.05, 4.69) is 35.6 Å². The van der Waals surface area contributed by atoms with Crippen LogP contribution in [-0.4, -0.2) is 9.38 Å². The van der Waals surface area contributed by atoms with E-state index in [-0.39, 0.29) is 0 Å². The molecule has 4 rings (SSSR count). The molecule has 2 aromatic heterocycles. The maximum absolute atomic E-state index is 6.06. The molecule has 0 fully saturated rings. The predicted molar refractivity (Wildman–Crippen MR) is 73.2 cm³/mol. The summed E-state index contributed by atoms with van der Waals surface area (Å²) in [5.74, 6) is 0. The van der Waals surface area contributed by atoms with Crippen LogP contribution in [0.15, 0.2) is 36.4 Å². The molecule has 0 spiro atoms. The van der Waals surface area contributed by atoms with E-state index < -0.39 is 0 Å². The van der Waals surface area contributed by atoms with E-state index in [1.165, 1.54) is 22.5 Å². The van der Waals surface area contributed by atoms with Gasteiger partial charge in [0.2, 0.25) is 0 Å². The van der Waals surface area contributed by atoms with Gasteiger partial charge in [-0.2, -0.15) is 0 Å². The molecular formula is C15H11ClN2. The lowest BCUT2D eigenvalue weighted by atomic mass is 10.1. The summed E-state index contributed by atoms with van der Waals surface area (Å²) in [6, 6.07) is 12.3. The van der Waals surface area contributed by atoms with Crippen molar-refractivity contribution in [2.45, 2.75) is 13.3 Å². The number of rotatable bonds is 0. The molecule has 3 heteroatoms. The molecule has 1 aliphatic rings. The van der Waals surface area contributed by atoms with Gasteiger partial charge in [0.25, 0.3) is 0 Å². The van der Waals surface area contributed by atoms with Gasteiger partial charge in [-0.05, 0) is 36.8 Å². The third-order valence-corrected chi connectivity index (χ3v) is 3.85. The Bertz CT molecular complexity index is 787. The number of halogens is 1. The van der Waals surface area contributed by atoms with Crippen molar-refractivity contribution in [1.82, 2.24) is 9.38 Å². The first-order valence-corrected chi connectivity index (χ1v) is 6.37. The van der Waals surface area contributed by atoms with Crippen LogP contribution >= 0.6 is 11.6 Å². The molecule has 3 aromatic rings. The average Bonchev–Trinajstić information content (AvgIpc) is 2.84. The van der Waals surface area contributed by atoms with Gasteiger partial charge in [0.1, 0.15) is 5.65 Å². The average molecular weight is 255 g/mol. The zero-order valence-corrected chi connectivity index (χ0v) is 10.7. The Hall–Kier alpha value is -1.80. The van der Waals surface area contributed by atoms with Gasteiger partial charge in [0, 0.05) is 22.7 Å². The molecule has 0 bridgehead atoms. The minimum atomic E-state index is 0.796. The normalized spacial score (nSPS) is 12.8. The first kappa shape index (κ1) is 10.2. The second kappa shape index (κ2) is 3.36. The number of nitrogens with zero attached hydrogens (tertiary/aromatic N) is 2. The molecule has 2 heterocycles. The van der Waals surface area contributed by atoms with Crippen LogP contribution in [0.5, 0.6) is 0 Å². The highest BCUT2D eigenvalue weighted by Crippen LogP contribution is 2.38. The van der Waals surface area contributed by atoms with E-state index in [0.29, 0.717) is 0 Å². The maximum atomic E-state index is 6.06. The fourth-order valence-corrected chi connectivity index (χ4v) is 3.02. The van der Waals surface area contributed by atoms with Crippen LogP contribution < -0.4 is 0 Å². The van der Waals surface area contributed by atoms with Crippen LogP contribution in [0.2, 0.25) is 5.02 Å². The van der Waals surface area contributed by atoms with Gasteiger partial charge in [-0.15, -0.1) is 0 Å². The fourth-order valence-electron chi connectivity index (χ4n) is 2.83. The Balaban J connectivity index is 2.08. The number of hydrogen-bond acceptors (Lipinski definition) is 1. The third-order valence-electron chi connectivity index (χ3n) is 3.61. The molecule has 1 aromatic carbocycles. The van der Waals surface area contributed by atoms with Crippen LogP contribution in [0.25, 0.3) is 16.9 Å². The lowest BCUT2D eigenvalue weighted by molar-refractivity contribution is 1.00. The van der Waals surface area contributed by atoms with E-state index in [1.54, 1.807) is 0 Å². The number of imidazole rings is 1. The van der Waals surface area contributed by atoms with Crippen LogP contribution in [-0.2, 0) is 6.42 Å². The van der Waals surface area contributed by atoms with Crippen molar-refractivity contribution >= 4 is 17.2 Å². The summed E-state index contributed by atoms with van der Waals surface area (Å²) in [6.07, 6.45) is 0.914. The SMILES string of the molecule is Cc1cccc2nc3c(n12)Cc1cc(Cl)ccc1-3. The minimum Gasteiger partial charge on any atom is -0.300 e. The zero-order valence-electron chi connectivity index (χ0n) is 9.94. The van der Waals surface area contributed by atoms with Crippen LogP contribution in [0.4, 0.5) is 0 Å². The molecule has 88 valence electrons. The molecule has 1 aliphatic carbocycles. The number of fused-ring (bicyclic) bond motifs is 5. The maximum Gasteiger partial charge on any atom is 0.137 e. The van der Waals surface area contributed by atoms with Crippen molar-refractivity contribution in [3.8, 4) is 11.3 Å². The second-order valence-electron chi connectivity index (χ2n) is 4.75. The molecule has 0 saturated carbocycles. The van der Waals surface area contributed by atoms with Crippen LogP contribution in [0.3, 0.4) is 0 Å². The fraction of sp³-hybridized carbons (Fsp3) is 0.133. The highest BCUT2D eigenvalue weighted by molar-refractivity contribution is 6.30. The lowest BCUT2D eigenvalue weighted by Crippen LogP contribution is -1.95. The van der Waals surface area contributed by atoms with Gasteiger partial charge in [-0.1, -0.05) is 23.7 Å². The first-order valence-electron chi connectivity index (χ1n) is 6.00. The minimum absolute atomic E-state index is 0.796. The molecule has 0 saturated heterocycles. The lowest BCUT2D eigenvalue weighted by Gasteiger charge is -2.03. The molecule has 0 unspecified atom stereocenters. The van der Waals surface area contributed by atoms with E-state index in [1.807, 2.05) is 12.1 Å². The number of aryl methyl sites for hydroxylation is 1. The summed E-state index contributed by atoms with van der Waals surface area (Å²) in [6.45, 7) is 2.12. The second-order valence-corrected chi connectivity index (χ2v) is 5.18. The third kappa shape index (κ3) is 1.21. The number of aromatic nitrogens is 2. The van der Waals surface area contributed by atoms with Crippen molar-refractivity contribution in [3.63, 3.8) is 0 Å². The Labute approximate surface area is 110 Å². The van der Waals surface area contributed by atoms with Gasteiger partial charge < -0.3 is 4.40 Å². The van der Waals surface area contributed by atoms with E-state index in [0.717, 1.165) is 22.8 Å². The van der Waals surface area contributed by atoms with Gasteiger partial charge in [0.05, 0.1) is 11.4 Å². The van der Waals surface area contributed by atoms with E-state index in [9.17, 15) is 0 Å². The summed E-state index contributed by atoms with van der Waals surface area (Å²) in [4.78, 5) is 4.74. The molecule has 0 aliphatic heterocycles. The topological polar surface area (TPSA) is 17.3 Å². The van der Waals surface area contributed by atoms with E-state index in [4.69, 9.17) is 16.6 Å². The molecule has 0 radical (unpaired) electrons. The number of pyridine rings is 1. The van der Waals surface area contributed by atoms with Crippen molar-refractivity contribution < 1.29 is 0 Å². The quantitative estimate of drug-likeness (QED) is 0.466. The molecule has 0 N–H and O–H groups in total. The summed E-state index contributed by atoms with van der Waals surface area (Å²) in [5.41, 5.74) is 7.13. The molecular weight excluding hydrogens is 244 g/mol. The Kier molecular flexibility index (Phi) is 1.90. The van der Waals surface area contributed by atoms with Crippen molar-refractivity contribution in [2.24, 2.45) is 0 Å². The standard InChI is InChI=1S/C15H11ClN2/c1-9-3-2-4-14-17-15-12-6-5-11(16)7-10(12)8-13(15)18(9)14/h2-7H,8H2,1H3. The number of hydrogen-bond donors (Lipinski definition) is 0. The highest BCUT2D eigenvalue weighted by Gasteiger charge is 2.24. The summed E-state index contributed by atoms with van der Waals surface area (Å²) < 4.78 is 2.24. The zero-order chi connectivity index (χ0) is 12.3. The smallest absolute Gasteiger partial charge is 0.137 e. The molecule has 18 heavy (non-hydrogen) atoms. The van der Waals surface area contributed by atoms with Crippen LogP contribution in [0, 0.1) is 6.92 Å². The molecule has 2 nitrogen and oxygen atoms in total. The van der Waals surface area contributed by atoms with Gasteiger partial charge >= 0.3 is 0 Å². The van der Waals surface area contributed by atoms with Gasteiger partial charge in [0.15, 0.2) is 0 Å². The summed E-state index contributed by atoms with van der Waals surface area (Å²) >= 11 is 6.06. The van der Waals surface area contributed by atoms with Crippen LogP contribution in [0.1, 0.15) is 17.0 Å². The first-order chi connectivity index (χ1) is 8.74. The summed E-state index contributed by atoms with van der Waals surface area (Å²) in [7, 11) is 0. The number of benzene rings is 1. The van der Waals surface area contributed by atoms with Gasteiger partial charge in [-0.3, -0.25) is 0 Å². The summed E-state index contributed by atoms with van der Waals surface area (Å²) in [5, 5.41) is 0.796. The van der Waals surface area contributed by atoms with E-state index >= 15 is 0 Å². The van der Waals surface area contributed by atoms with Crippen molar-refractivity contribution in [2.75, 3.05) is 0 Å².